The maximum atomic E-state index is 8.41. The number of rotatable bonds is 2. The lowest BCUT2D eigenvalue weighted by Crippen LogP contribution is -2.16. The van der Waals surface area contributed by atoms with Crippen molar-refractivity contribution in [1.29, 1.82) is 0 Å². The van der Waals surface area contributed by atoms with Crippen LogP contribution in [0.3, 0.4) is 0 Å². The Morgan fingerprint density at radius 3 is 2.38 bits per heavy atom. The van der Waals surface area contributed by atoms with E-state index in [-0.39, 0.29) is 5.82 Å². The van der Waals surface area contributed by atoms with Crippen molar-refractivity contribution in [3.63, 3.8) is 0 Å². The first kappa shape index (κ1) is 7.54. The Bertz CT molecular complexity index is 95.1. The third-order valence-corrected chi connectivity index (χ3v) is 0.949. The maximum Gasteiger partial charge on any atom is 0.455 e. The van der Waals surface area contributed by atoms with Gasteiger partial charge in [0.2, 0.25) is 0 Å². The fourth-order valence-electron chi connectivity index (χ4n) is 0.291. The highest BCUT2D eigenvalue weighted by Crippen LogP contribution is 2.07. The lowest BCUT2D eigenvalue weighted by molar-refractivity contribution is 0.389. The molecule has 3 heteroatoms. The molecule has 0 aliphatic heterocycles. The summed E-state index contributed by atoms with van der Waals surface area (Å²) in [6.07, 6.45) is 5.31. The second kappa shape index (κ2) is 3.53. The van der Waals surface area contributed by atoms with Gasteiger partial charge in [0.05, 0.1) is 0 Å². The summed E-state index contributed by atoms with van der Waals surface area (Å²) in [5, 5.41) is 16.8. The Balaban J connectivity index is 3.35. The molecule has 0 aliphatic carbocycles. The van der Waals surface area contributed by atoms with Gasteiger partial charge in [0.15, 0.2) is 0 Å². The van der Waals surface area contributed by atoms with Crippen LogP contribution in [-0.4, -0.2) is 17.2 Å². The molecular formula is C5H9BO2. The molecule has 0 aromatic heterocycles. The minimum Gasteiger partial charge on any atom is -0.427 e. The van der Waals surface area contributed by atoms with Crippen molar-refractivity contribution < 1.29 is 10.0 Å². The predicted octanol–water partition coefficient (Wildman–Crippen LogP) is -0.127. The molecule has 0 spiro atoms. The van der Waals surface area contributed by atoms with E-state index in [1.165, 1.54) is 0 Å². The monoisotopic (exact) mass is 112 g/mol. The largest absolute Gasteiger partial charge is 0.455 e. The van der Waals surface area contributed by atoms with E-state index in [0.717, 1.165) is 0 Å². The molecule has 0 heterocycles. The van der Waals surface area contributed by atoms with Crippen molar-refractivity contribution in [2.45, 2.75) is 19.2 Å². The normalized spacial score (nSPS) is 12.2. The first-order valence-electron chi connectivity index (χ1n) is 2.48. The molecule has 0 rings (SSSR count). The molecule has 0 unspecified atom stereocenters. The highest BCUT2D eigenvalue weighted by molar-refractivity contribution is 6.43. The standard InChI is InChI=1S/C5H9BO2/c1-3-4-5(2)6(7)8/h1,5,7-8H,4H2,2H3/t5-/m0/s1. The second-order valence-corrected chi connectivity index (χ2v) is 1.80. The van der Waals surface area contributed by atoms with Gasteiger partial charge in [0.1, 0.15) is 0 Å². The van der Waals surface area contributed by atoms with Crippen LogP contribution in [0.5, 0.6) is 0 Å². The molecular weight excluding hydrogens is 103 g/mol. The van der Waals surface area contributed by atoms with Crippen molar-refractivity contribution in [2.75, 3.05) is 0 Å². The SMILES string of the molecule is C#CC[C@H](C)B(O)O. The van der Waals surface area contributed by atoms with E-state index in [0.29, 0.717) is 6.42 Å². The van der Waals surface area contributed by atoms with Gasteiger partial charge in [-0.3, -0.25) is 0 Å². The molecule has 0 saturated carbocycles. The minimum atomic E-state index is -1.27. The van der Waals surface area contributed by atoms with E-state index < -0.39 is 7.12 Å². The van der Waals surface area contributed by atoms with Gasteiger partial charge in [0, 0.05) is 12.2 Å². The van der Waals surface area contributed by atoms with Crippen LogP contribution >= 0.6 is 0 Å². The predicted molar refractivity (Wildman–Crippen MR) is 33.1 cm³/mol. The molecule has 2 N–H and O–H groups in total. The summed E-state index contributed by atoms with van der Waals surface area (Å²) in [5.74, 6) is 2.12. The second-order valence-electron chi connectivity index (χ2n) is 1.80. The third-order valence-electron chi connectivity index (χ3n) is 0.949. The van der Waals surface area contributed by atoms with Crippen molar-refractivity contribution in [3.05, 3.63) is 0 Å². The molecule has 0 amide bonds. The van der Waals surface area contributed by atoms with Crippen LogP contribution in [-0.2, 0) is 0 Å². The summed E-state index contributed by atoms with van der Waals surface area (Å²) < 4.78 is 0. The fraction of sp³-hybridized carbons (Fsp3) is 0.600. The van der Waals surface area contributed by atoms with E-state index in [2.05, 4.69) is 5.92 Å². The van der Waals surface area contributed by atoms with Crippen LogP contribution in [0.1, 0.15) is 13.3 Å². The van der Waals surface area contributed by atoms with Crippen LogP contribution < -0.4 is 0 Å². The van der Waals surface area contributed by atoms with Crippen LogP contribution in [0.2, 0.25) is 5.82 Å². The van der Waals surface area contributed by atoms with E-state index in [1.54, 1.807) is 6.92 Å². The zero-order chi connectivity index (χ0) is 6.57. The smallest absolute Gasteiger partial charge is 0.427 e. The van der Waals surface area contributed by atoms with Gasteiger partial charge >= 0.3 is 7.12 Å². The molecule has 1 atom stereocenters. The lowest BCUT2D eigenvalue weighted by atomic mass is 9.73. The summed E-state index contributed by atoms with van der Waals surface area (Å²) in [5.41, 5.74) is 0. The Morgan fingerprint density at radius 1 is 1.75 bits per heavy atom. The molecule has 0 saturated heterocycles. The Morgan fingerprint density at radius 2 is 2.25 bits per heavy atom. The average molecular weight is 112 g/mol. The average Bonchev–Trinajstić information content (AvgIpc) is 1.67. The van der Waals surface area contributed by atoms with Crippen molar-refractivity contribution in [2.24, 2.45) is 0 Å². The van der Waals surface area contributed by atoms with E-state index in [9.17, 15) is 0 Å². The zero-order valence-electron chi connectivity index (χ0n) is 4.83. The summed E-state index contributed by atoms with van der Waals surface area (Å²) >= 11 is 0. The van der Waals surface area contributed by atoms with Gasteiger partial charge in [-0.2, -0.15) is 0 Å². The molecule has 0 fully saturated rings. The molecule has 0 radical (unpaired) electrons. The zero-order valence-corrected chi connectivity index (χ0v) is 4.83. The topological polar surface area (TPSA) is 40.5 Å². The first-order chi connectivity index (χ1) is 3.68. The van der Waals surface area contributed by atoms with Gasteiger partial charge in [-0.05, 0) is 0 Å². The fourth-order valence-corrected chi connectivity index (χ4v) is 0.291. The quantitative estimate of drug-likeness (QED) is 0.386. The van der Waals surface area contributed by atoms with Gasteiger partial charge in [-0.1, -0.05) is 6.92 Å². The maximum absolute atomic E-state index is 8.41. The minimum absolute atomic E-state index is 0.208. The van der Waals surface area contributed by atoms with E-state index >= 15 is 0 Å². The summed E-state index contributed by atoms with van der Waals surface area (Å²) in [7, 11) is -1.27. The Kier molecular flexibility index (Phi) is 3.33. The number of hydrogen-bond donors (Lipinski definition) is 2. The lowest BCUT2D eigenvalue weighted by Gasteiger charge is -2.02. The van der Waals surface area contributed by atoms with Crippen molar-refractivity contribution in [1.82, 2.24) is 0 Å². The van der Waals surface area contributed by atoms with Crippen LogP contribution in [0.15, 0.2) is 0 Å². The highest BCUT2D eigenvalue weighted by atomic mass is 16.4. The number of terminal acetylenes is 1. The molecule has 0 aromatic rings. The summed E-state index contributed by atoms with van der Waals surface area (Å²) in [6.45, 7) is 1.69. The first-order valence-corrected chi connectivity index (χ1v) is 2.48. The van der Waals surface area contributed by atoms with E-state index in [1.807, 2.05) is 0 Å². The van der Waals surface area contributed by atoms with Crippen LogP contribution in [0.25, 0.3) is 0 Å². The van der Waals surface area contributed by atoms with Gasteiger partial charge in [0.25, 0.3) is 0 Å². The Hall–Kier alpha value is -0.455. The van der Waals surface area contributed by atoms with Gasteiger partial charge in [-0.25, -0.2) is 0 Å². The van der Waals surface area contributed by atoms with Gasteiger partial charge < -0.3 is 10.0 Å². The molecule has 8 heavy (non-hydrogen) atoms. The van der Waals surface area contributed by atoms with E-state index in [4.69, 9.17) is 16.5 Å². The Labute approximate surface area is 49.7 Å². The molecule has 0 aliphatic rings. The molecule has 0 bridgehead atoms. The number of hydrogen-bond acceptors (Lipinski definition) is 2. The van der Waals surface area contributed by atoms with Crippen molar-refractivity contribution in [3.8, 4) is 12.3 Å². The van der Waals surface area contributed by atoms with Crippen molar-refractivity contribution >= 4 is 7.12 Å². The molecule has 2 nitrogen and oxygen atoms in total. The van der Waals surface area contributed by atoms with Crippen LogP contribution in [0, 0.1) is 12.3 Å². The highest BCUT2D eigenvalue weighted by Gasteiger charge is 2.15. The van der Waals surface area contributed by atoms with Gasteiger partial charge in [-0.15, -0.1) is 12.3 Å². The summed E-state index contributed by atoms with van der Waals surface area (Å²) in [4.78, 5) is 0. The molecule has 0 aromatic carbocycles. The molecule has 44 valence electrons. The summed E-state index contributed by atoms with van der Waals surface area (Å²) in [6, 6.07) is 0. The van der Waals surface area contributed by atoms with Crippen LogP contribution in [0.4, 0.5) is 0 Å². The third kappa shape index (κ3) is 2.67.